The number of ether oxygens (including phenoxy) is 2. The predicted octanol–water partition coefficient (Wildman–Crippen LogP) is 4.89. The van der Waals surface area contributed by atoms with Crippen molar-refractivity contribution in [1.29, 1.82) is 0 Å². The quantitative estimate of drug-likeness (QED) is 0.417. The SMILES string of the molecule is O=C(NCCOc1ccccc1)[C@@H]1C[C@H](COc2ccc3c(c2)CCC3)CN(Cc2ccccc2)C1. The van der Waals surface area contributed by atoms with Crippen LogP contribution in [0.25, 0.3) is 0 Å². The van der Waals surface area contributed by atoms with E-state index in [1.807, 2.05) is 36.4 Å². The van der Waals surface area contributed by atoms with E-state index in [0.29, 0.717) is 25.7 Å². The van der Waals surface area contributed by atoms with E-state index in [1.54, 1.807) is 0 Å². The second-order valence-electron chi connectivity index (χ2n) is 10.0. The Morgan fingerprint density at radius 1 is 0.861 bits per heavy atom. The number of likely N-dealkylation sites (tertiary alicyclic amines) is 1. The number of nitrogens with one attached hydrogen (secondary N) is 1. The van der Waals surface area contributed by atoms with Crippen LogP contribution < -0.4 is 14.8 Å². The first-order valence-electron chi connectivity index (χ1n) is 13.2. The molecule has 36 heavy (non-hydrogen) atoms. The van der Waals surface area contributed by atoms with Crippen LogP contribution >= 0.6 is 0 Å². The number of carbonyl (C=O) groups excluding carboxylic acids is 1. The molecular formula is C31H36N2O3. The van der Waals surface area contributed by atoms with Gasteiger partial charge in [-0.15, -0.1) is 0 Å². The van der Waals surface area contributed by atoms with Crippen LogP contribution in [0.15, 0.2) is 78.9 Å². The topological polar surface area (TPSA) is 50.8 Å². The number of fused-ring (bicyclic) bond motifs is 1. The third kappa shape index (κ3) is 6.67. The number of aryl methyl sites for hydroxylation is 2. The molecule has 0 unspecified atom stereocenters. The van der Waals surface area contributed by atoms with Crippen LogP contribution in [0.4, 0.5) is 0 Å². The Morgan fingerprint density at radius 3 is 2.47 bits per heavy atom. The van der Waals surface area contributed by atoms with Gasteiger partial charge in [0.1, 0.15) is 18.1 Å². The summed E-state index contributed by atoms with van der Waals surface area (Å²) in [6.07, 6.45) is 4.40. The molecule has 2 atom stereocenters. The lowest BCUT2D eigenvalue weighted by molar-refractivity contribution is -0.127. The summed E-state index contributed by atoms with van der Waals surface area (Å²) in [7, 11) is 0. The smallest absolute Gasteiger partial charge is 0.224 e. The maximum Gasteiger partial charge on any atom is 0.224 e. The molecule has 3 aromatic carbocycles. The van der Waals surface area contributed by atoms with Gasteiger partial charge >= 0.3 is 0 Å². The third-order valence-corrected chi connectivity index (χ3v) is 7.20. The maximum absolute atomic E-state index is 13.1. The first-order chi connectivity index (χ1) is 17.7. The van der Waals surface area contributed by atoms with Gasteiger partial charge in [0.15, 0.2) is 0 Å². The van der Waals surface area contributed by atoms with Crippen molar-refractivity contribution < 1.29 is 14.3 Å². The number of hydrogen-bond acceptors (Lipinski definition) is 4. The van der Waals surface area contributed by atoms with Gasteiger partial charge in [0.2, 0.25) is 5.91 Å². The minimum absolute atomic E-state index is 0.0622. The Hall–Kier alpha value is -3.31. The first-order valence-corrected chi connectivity index (χ1v) is 13.2. The first kappa shape index (κ1) is 24.4. The summed E-state index contributed by atoms with van der Waals surface area (Å²) >= 11 is 0. The van der Waals surface area contributed by atoms with Crippen molar-refractivity contribution in [1.82, 2.24) is 10.2 Å². The molecule has 1 amide bonds. The number of piperidine rings is 1. The molecule has 1 aliphatic carbocycles. The molecule has 0 radical (unpaired) electrons. The molecule has 1 fully saturated rings. The molecule has 5 heteroatoms. The zero-order valence-corrected chi connectivity index (χ0v) is 20.9. The van der Waals surface area contributed by atoms with Crippen LogP contribution in [-0.4, -0.2) is 43.7 Å². The summed E-state index contributed by atoms with van der Waals surface area (Å²) in [6.45, 7) is 4.12. The van der Waals surface area contributed by atoms with Gasteiger partial charge in [0, 0.05) is 25.6 Å². The van der Waals surface area contributed by atoms with Crippen molar-refractivity contribution in [2.45, 2.75) is 32.2 Å². The van der Waals surface area contributed by atoms with Crippen molar-refractivity contribution in [3.05, 3.63) is 95.6 Å². The summed E-state index contributed by atoms with van der Waals surface area (Å²) in [5.41, 5.74) is 4.16. The van der Waals surface area contributed by atoms with Gasteiger partial charge in [-0.05, 0) is 66.6 Å². The fraction of sp³-hybridized carbons (Fsp3) is 0.387. The number of amides is 1. The van der Waals surface area contributed by atoms with Crippen LogP contribution in [0.3, 0.4) is 0 Å². The average molecular weight is 485 g/mol. The summed E-state index contributed by atoms with van der Waals surface area (Å²) in [5, 5.41) is 3.10. The number of para-hydroxylation sites is 1. The molecule has 1 N–H and O–H groups in total. The largest absolute Gasteiger partial charge is 0.493 e. The second kappa shape index (κ2) is 12.1. The highest BCUT2D eigenvalue weighted by Crippen LogP contribution is 2.28. The zero-order valence-electron chi connectivity index (χ0n) is 20.9. The fourth-order valence-corrected chi connectivity index (χ4v) is 5.44. The lowest BCUT2D eigenvalue weighted by Crippen LogP contribution is -2.47. The highest BCUT2D eigenvalue weighted by atomic mass is 16.5. The highest BCUT2D eigenvalue weighted by molar-refractivity contribution is 5.79. The van der Waals surface area contributed by atoms with Gasteiger partial charge < -0.3 is 14.8 Å². The Balaban J connectivity index is 1.17. The Kier molecular flexibility index (Phi) is 8.19. The molecule has 0 spiro atoms. The van der Waals surface area contributed by atoms with Gasteiger partial charge in [0.25, 0.3) is 0 Å². The second-order valence-corrected chi connectivity index (χ2v) is 10.0. The highest BCUT2D eigenvalue weighted by Gasteiger charge is 2.32. The van der Waals surface area contributed by atoms with Gasteiger partial charge in [0.05, 0.1) is 19.1 Å². The van der Waals surface area contributed by atoms with Crippen molar-refractivity contribution in [2.75, 3.05) is 32.8 Å². The van der Waals surface area contributed by atoms with Crippen LogP contribution in [-0.2, 0) is 24.2 Å². The van der Waals surface area contributed by atoms with Crippen molar-refractivity contribution in [2.24, 2.45) is 11.8 Å². The Labute approximate surface area is 214 Å². The molecule has 1 aliphatic heterocycles. The molecule has 1 saturated heterocycles. The van der Waals surface area contributed by atoms with E-state index >= 15 is 0 Å². The summed E-state index contributed by atoms with van der Waals surface area (Å²) in [5.74, 6) is 2.11. The molecule has 188 valence electrons. The Morgan fingerprint density at radius 2 is 1.64 bits per heavy atom. The number of hydrogen-bond donors (Lipinski definition) is 1. The zero-order chi connectivity index (χ0) is 24.6. The van der Waals surface area contributed by atoms with Crippen LogP contribution in [0.2, 0.25) is 0 Å². The number of nitrogens with zero attached hydrogens (tertiary/aromatic N) is 1. The van der Waals surface area contributed by atoms with E-state index in [1.165, 1.54) is 29.5 Å². The van der Waals surface area contributed by atoms with Gasteiger partial charge in [-0.25, -0.2) is 0 Å². The number of rotatable bonds is 10. The molecule has 2 aliphatic rings. The fourth-order valence-electron chi connectivity index (χ4n) is 5.44. The summed E-state index contributed by atoms with van der Waals surface area (Å²) in [4.78, 5) is 15.5. The molecule has 3 aromatic rings. The Bertz CT molecular complexity index is 1120. The number of carbonyl (C=O) groups is 1. The number of benzene rings is 3. The minimum atomic E-state index is -0.0622. The molecule has 0 bridgehead atoms. The van der Waals surface area contributed by atoms with E-state index in [0.717, 1.165) is 44.0 Å². The average Bonchev–Trinajstić information content (AvgIpc) is 3.39. The normalized spacial score (nSPS) is 19.4. The predicted molar refractivity (Wildman–Crippen MR) is 142 cm³/mol. The molecule has 1 heterocycles. The van der Waals surface area contributed by atoms with E-state index in [9.17, 15) is 4.79 Å². The molecule has 0 aromatic heterocycles. The van der Waals surface area contributed by atoms with Crippen molar-refractivity contribution in [3.8, 4) is 11.5 Å². The van der Waals surface area contributed by atoms with Gasteiger partial charge in [-0.2, -0.15) is 0 Å². The lowest BCUT2D eigenvalue weighted by atomic mass is 9.88. The van der Waals surface area contributed by atoms with E-state index < -0.39 is 0 Å². The van der Waals surface area contributed by atoms with Crippen LogP contribution in [0, 0.1) is 11.8 Å². The van der Waals surface area contributed by atoms with Crippen LogP contribution in [0.5, 0.6) is 11.5 Å². The molecule has 0 saturated carbocycles. The van der Waals surface area contributed by atoms with E-state index in [2.05, 4.69) is 52.7 Å². The molecule has 5 rings (SSSR count). The van der Waals surface area contributed by atoms with Crippen LogP contribution in [0.1, 0.15) is 29.5 Å². The monoisotopic (exact) mass is 484 g/mol. The van der Waals surface area contributed by atoms with Gasteiger partial charge in [-0.1, -0.05) is 54.6 Å². The van der Waals surface area contributed by atoms with Gasteiger partial charge in [-0.3, -0.25) is 9.69 Å². The molecular weight excluding hydrogens is 448 g/mol. The maximum atomic E-state index is 13.1. The summed E-state index contributed by atoms with van der Waals surface area (Å²) < 4.78 is 12.0. The lowest BCUT2D eigenvalue weighted by Gasteiger charge is -2.37. The third-order valence-electron chi connectivity index (χ3n) is 7.20. The standard InChI is InChI=1S/C31H36N2O3/c34-31(32-16-17-35-29-12-5-2-6-13-29)28-18-25(21-33(22-28)20-24-8-3-1-4-9-24)23-36-30-15-14-26-10-7-11-27(26)19-30/h1-6,8-9,12-15,19,25,28H,7,10-11,16-18,20-23H2,(H,32,34)/t25-,28+/m0/s1. The van der Waals surface area contributed by atoms with Crippen molar-refractivity contribution in [3.63, 3.8) is 0 Å². The van der Waals surface area contributed by atoms with E-state index in [-0.39, 0.29) is 11.8 Å². The minimum Gasteiger partial charge on any atom is -0.493 e. The summed E-state index contributed by atoms with van der Waals surface area (Å²) in [6, 6.07) is 26.7. The van der Waals surface area contributed by atoms with Crippen molar-refractivity contribution >= 4 is 5.91 Å². The van der Waals surface area contributed by atoms with E-state index in [4.69, 9.17) is 9.47 Å². The molecule has 5 nitrogen and oxygen atoms in total.